The van der Waals surface area contributed by atoms with E-state index in [1.165, 1.54) is 21.8 Å². The zero-order valence-corrected chi connectivity index (χ0v) is 27.1. The van der Waals surface area contributed by atoms with Crippen LogP contribution in [0.2, 0.25) is 0 Å². The second kappa shape index (κ2) is 11.5. The Morgan fingerprint density at radius 3 is 1.84 bits per heavy atom. The van der Waals surface area contributed by atoms with Crippen molar-refractivity contribution in [3.63, 3.8) is 0 Å². The number of hydrogen-bond acceptors (Lipinski definition) is 2. The van der Waals surface area contributed by atoms with Crippen LogP contribution >= 0.6 is 0 Å². The fraction of sp³-hybridized carbons (Fsp3) is 0. The highest BCUT2D eigenvalue weighted by molar-refractivity contribution is 6.15. The molecule has 0 fully saturated rings. The minimum absolute atomic E-state index is 0.847. The molecule has 0 aliphatic carbocycles. The molecule has 0 saturated carbocycles. The Morgan fingerprint density at radius 2 is 1.04 bits per heavy atom. The van der Waals surface area contributed by atoms with Crippen molar-refractivity contribution in [2.45, 2.75) is 0 Å². The van der Waals surface area contributed by atoms with E-state index in [9.17, 15) is 0 Å². The molecule has 0 aliphatic rings. The molecular weight excluding hydrogens is 609 g/mol. The molecule has 3 aromatic heterocycles. The molecule has 0 unspecified atom stereocenters. The minimum atomic E-state index is 0.847. The van der Waals surface area contributed by atoms with Crippen LogP contribution in [0, 0.1) is 0 Å². The molecule has 0 amide bonds. The number of rotatable bonds is 5. The van der Waals surface area contributed by atoms with E-state index >= 15 is 0 Å². The number of pyridine rings is 1. The summed E-state index contributed by atoms with van der Waals surface area (Å²) in [5.74, 6) is 0. The minimum Gasteiger partial charge on any atom is -0.456 e. The molecule has 7 aromatic carbocycles. The van der Waals surface area contributed by atoms with Gasteiger partial charge in [0.25, 0.3) is 0 Å². The molecule has 234 valence electrons. The van der Waals surface area contributed by atoms with Crippen LogP contribution in [0.1, 0.15) is 0 Å². The summed E-state index contributed by atoms with van der Waals surface area (Å²) in [5, 5.41) is 4.68. The Balaban J connectivity index is 1.13. The van der Waals surface area contributed by atoms with Crippen LogP contribution in [0.5, 0.6) is 0 Å². The van der Waals surface area contributed by atoms with Gasteiger partial charge in [0.2, 0.25) is 0 Å². The molecular formula is C47H30N2O. The molecule has 0 bridgehead atoms. The first-order valence-corrected chi connectivity index (χ1v) is 17.0. The fourth-order valence-electron chi connectivity index (χ4n) is 7.45. The average molecular weight is 639 g/mol. The molecule has 0 spiro atoms. The van der Waals surface area contributed by atoms with Gasteiger partial charge >= 0.3 is 0 Å². The summed E-state index contributed by atoms with van der Waals surface area (Å²) in [7, 11) is 0. The summed E-state index contributed by atoms with van der Waals surface area (Å²) in [6, 6.07) is 64.2. The van der Waals surface area contributed by atoms with Crippen molar-refractivity contribution in [3.05, 3.63) is 182 Å². The highest BCUT2D eigenvalue weighted by Crippen LogP contribution is 2.41. The van der Waals surface area contributed by atoms with Gasteiger partial charge in [0, 0.05) is 38.4 Å². The van der Waals surface area contributed by atoms with Crippen LogP contribution in [-0.4, -0.2) is 9.55 Å². The summed E-state index contributed by atoms with van der Waals surface area (Å²) < 4.78 is 8.95. The van der Waals surface area contributed by atoms with Crippen molar-refractivity contribution in [1.29, 1.82) is 0 Å². The van der Waals surface area contributed by atoms with Gasteiger partial charge in [-0.25, -0.2) is 4.98 Å². The van der Waals surface area contributed by atoms with Crippen LogP contribution in [-0.2, 0) is 0 Å². The maximum Gasteiger partial charge on any atom is 0.136 e. The van der Waals surface area contributed by atoms with E-state index in [1.54, 1.807) is 0 Å². The van der Waals surface area contributed by atoms with Gasteiger partial charge in [-0.15, -0.1) is 0 Å². The Kier molecular flexibility index (Phi) is 6.49. The lowest BCUT2D eigenvalue weighted by atomic mass is 9.97. The number of hydrogen-bond donors (Lipinski definition) is 0. The molecule has 0 atom stereocenters. The fourth-order valence-corrected chi connectivity index (χ4v) is 7.45. The molecule has 0 aliphatic heterocycles. The molecule has 0 saturated heterocycles. The van der Waals surface area contributed by atoms with E-state index in [0.29, 0.717) is 0 Å². The number of fused-ring (bicyclic) bond motifs is 6. The summed E-state index contributed by atoms with van der Waals surface area (Å²) in [5.41, 5.74) is 13.8. The third-order valence-electron chi connectivity index (χ3n) is 9.79. The second-order valence-electron chi connectivity index (χ2n) is 12.8. The largest absolute Gasteiger partial charge is 0.456 e. The van der Waals surface area contributed by atoms with Gasteiger partial charge in [-0.3, -0.25) is 0 Å². The van der Waals surface area contributed by atoms with Crippen LogP contribution < -0.4 is 0 Å². The van der Waals surface area contributed by atoms with E-state index in [2.05, 4.69) is 180 Å². The summed E-state index contributed by atoms with van der Waals surface area (Å²) in [6.07, 6.45) is 0. The van der Waals surface area contributed by atoms with E-state index in [-0.39, 0.29) is 0 Å². The number of aromatic nitrogens is 2. The highest BCUT2D eigenvalue weighted by atomic mass is 16.3. The number of nitrogens with zero attached hydrogens (tertiary/aromatic N) is 2. The summed E-state index contributed by atoms with van der Waals surface area (Å²) in [4.78, 5) is 5.16. The van der Waals surface area contributed by atoms with Crippen molar-refractivity contribution >= 4 is 43.7 Å². The van der Waals surface area contributed by atoms with Crippen LogP contribution in [0.25, 0.3) is 94.2 Å². The van der Waals surface area contributed by atoms with Crippen molar-refractivity contribution < 1.29 is 4.42 Å². The highest BCUT2D eigenvalue weighted by Gasteiger charge is 2.17. The molecule has 0 radical (unpaired) electrons. The summed E-state index contributed by atoms with van der Waals surface area (Å²) in [6.45, 7) is 0. The smallest absolute Gasteiger partial charge is 0.136 e. The van der Waals surface area contributed by atoms with Gasteiger partial charge in [0.15, 0.2) is 0 Å². The van der Waals surface area contributed by atoms with Gasteiger partial charge in [-0.05, 0) is 82.9 Å². The zero-order valence-electron chi connectivity index (χ0n) is 27.1. The Hall–Kier alpha value is -6.71. The van der Waals surface area contributed by atoms with Crippen LogP contribution in [0.3, 0.4) is 0 Å². The monoisotopic (exact) mass is 638 g/mol. The molecule has 0 N–H and O–H groups in total. The lowest BCUT2D eigenvalue weighted by Crippen LogP contribution is -1.92. The Morgan fingerprint density at radius 1 is 0.380 bits per heavy atom. The topological polar surface area (TPSA) is 31.0 Å². The SMILES string of the molecule is c1ccc(-c2cc(-c3ccccc3)nc(-c3ccc4c(c3)oc3cccc(-c5ccc6c(c5)c5ccccc5n6-c5ccccc5)c34)c2)cc1. The van der Waals surface area contributed by atoms with Gasteiger partial charge in [-0.2, -0.15) is 0 Å². The van der Waals surface area contributed by atoms with Crippen molar-refractivity contribution in [2.24, 2.45) is 0 Å². The Labute approximate surface area is 289 Å². The molecule has 50 heavy (non-hydrogen) atoms. The van der Waals surface area contributed by atoms with Gasteiger partial charge in [-0.1, -0.05) is 121 Å². The summed E-state index contributed by atoms with van der Waals surface area (Å²) >= 11 is 0. The first kappa shape index (κ1) is 28.3. The number of para-hydroxylation sites is 2. The molecule has 3 nitrogen and oxygen atoms in total. The predicted molar refractivity (Wildman–Crippen MR) is 208 cm³/mol. The van der Waals surface area contributed by atoms with E-state index in [0.717, 1.165) is 72.4 Å². The Bertz CT molecular complexity index is 2790. The lowest BCUT2D eigenvalue weighted by molar-refractivity contribution is 0.669. The van der Waals surface area contributed by atoms with E-state index < -0.39 is 0 Å². The van der Waals surface area contributed by atoms with Gasteiger partial charge in [0.1, 0.15) is 11.2 Å². The van der Waals surface area contributed by atoms with E-state index in [4.69, 9.17) is 9.40 Å². The maximum atomic E-state index is 6.59. The number of benzene rings is 7. The first-order chi connectivity index (χ1) is 24.8. The predicted octanol–water partition coefficient (Wildman–Crippen LogP) is 12.7. The van der Waals surface area contributed by atoms with Crippen molar-refractivity contribution in [1.82, 2.24) is 9.55 Å². The van der Waals surface area contributed by atoms with E-state index in [1.807, 2.05) is 6.07 Å². The third kappa shape index (κ3) is 4.63. The van der Waals surface area contributed by atoms with Crippen molar-refractivity contribution in [3.8, 4) is 50.5 Å². The second-order valence-corrected chi connectivity index (χ2v) is 12.8. The van der Waals surface area contributed by atoms with Crippen molar-refractivity contribution in [2.75, 3.05) is 0 Å². The maximum absolute atomic E-state index is 6.59. The third-order valence-corrected chi connectivity index (χ3v) is 9.79. The van der Waals surface area contributed by atoms with Crippen LogP contribution in [0.4, 0.5) is 0 Å². The average Bonchev–Trinajstić information content (AvgIpc) is 3.74. The van der Waals surface area contributed by atoms with Gasteiger partial charge < -0.3 is 8.98 Å². The quantitative estimate of drug-likeness (QED) is 0.188. The number of furan rings is 1. The molecule has 10 aromatic rings. The molecule has 10 rings (SSSR count). The zero-order chi connectivity index (χ0) is 33.0. The molecule has 3 heteroatoms. The molecule has 3 heterocycles. The standard InChI is InChI=1S/C47H30N2O/c1-4-13-31(14-5-1)35-28-41(32-15-6-2-7-16-32)48-42(29-35)34-23-25-39-46(30-34)50-45-22-12-20-37(47(39)45)33-24-26-44-40(27-33)38-19-10-11-21-43(38)49(44)36-17-8-3-9-18-36/h1-30H. The normalized spacial score (nSPS) is 11.6. The lowest BCUT2D eigenvalue weighted by Gasteiger charge is -2.10. The van der Waals surface area contributed by atoms with Gasteiger partial charge in [0.05, 0.1) is 22.4 Å². The van der Waals surface area contributed by atoms with Crippen LogP contribution in [0.15, 0.2) is 186 Å². The first-order valence-electron chi connectivity index (χ1n) is 17.0.